The largest absolute Gasteiger partial charge is 0.493 e. The van der Waals surface area contributed by atoms with E-state index >= 15 is 4.39 Å². The number of carbonyl (C=O) groups is 1. The number of aromatic nitrogens is 3. The lowest BCUT2D eigenvalue weighted by molar-refractivity contribution is 0.0784. The molecular formula is C25H22FN5O3. The van der Waals surface area contributed by atoms with Gasteiger partial charge in [-0.05, 0) is 36.8 Å². The van der Waals surface area contributed by atoms with Crippen molar-refractivity contribution >= 4 is 16.8 Å². The molecule has 0 saturated heterocycles. The van der Waals surface area contributed by atoms with Crippen molar-refractivity contribution < 1.29 is 19.0 Å². The quantitative estimate of drug-likeness (QED) is 0.434. The van der Waals surface area contributed by atoms with Crippen LogP contribution in [0.2, 0.25) is 0 Å². The second-order valence-electron chi connectivity index (χ2n) is 7.66. The predicted octanol–water partition coefficient (Wildman–Crippen LogP) is 3.80. The van der Waals surface area contributed by atoms with E-state index in [1.165, 1.54) is 17.0 Å². The van der Waals surface area contributed by atoms with Crippen LogP contribution in [-0.4, -0.2) is 44.7 Å². The third-order valence-corrected chi connectivity index (χ3v) is 5.43. The summed E-state index contributed by atoms with van der Waals surface area (Å²) in [6, 6.07) is 11.3. The molecule has 0 aliphatic carbocycles. The third kappa shape index (κ3) is 4.31. The van der Waals surface area contributed by atoms with Crippen LogP contribution in [0, 0.1) is 17.1 Å². The number of amides is 1. The van der Waals surface area contributed by atoms with Crippen molar-refractivity contribution in [1.82, 2.24) is 20.1 Å². The van der Waals surface area contributed by atoms with E-state index in [0.717, 1.165) is 0 Å². The lowest BCUT2D eigenvalue weighted by atomic mass is 9.99. The van der Waals surface area contributed by atoms with E-state index in [-0.39, 0.29) is 36.6 Å². The summed E-state index contributed by atoms with van der Waals surface area (Å²) in [5.41, 5.74) is 3.07. The van der Waals surface area contributed by atoms with Crippen LogP contribution in [0.3, 0.4) is 0 Å². The van der Waals surface area contributed by atoms with Crippen molar-refractivity contribution in [2.75, 3.05) is 13.7 Å². The van der Waals surface area contributed by atoms with Gasteiger partial charge in [0.15, 0.2) is 0 Å². The highest BCUT2D eigenvalue weighted by Gasteiger charge is 2.21. The molecule has 2 N–H and O–H groups in total. The minimum absolute atomic E-state index is 0.129. The maximum Gasteiger partial charge on any atom is 0.254 e. The summed E-state index contributed by atoms with van der Waals surface area (Å²) in [4.78, 5) is 18.9. The number of aliphatic hydroxyl groups is 1. The molecule has 0 radical (unpaired) electrons. The monoisotopic (exact) mass is 459 g/mol. The highest BCUT2D eigenvalue weighted by Crippen LogP contribution is 2.35. The van der Waals surface area contributed by atoms with Gasteiger partial charge in [-0.1, -0.05) is 12.1 Å². The number of fused-ring (bicyclic) bond motifs is 1. The number of nitriles is 1. The molecule has 0 spiro atoms. The predicted molar refractivity (Wildman–Crippen MR) is 123 cm³/mol. The van der Waals surface area contributed by atoms with Gasteiger partial charge in [-0.15, -0.1) is 0 Å². The zero-order chi connectivity index (χ0) is 24.2. The number of ether oxygens (including phenoxy) is 1. The van der Waals surface area contributed by atoms with Gasteiger partial charge in [0.2, 0.25) is 0 Å². The average molecular weight is 459 g/mol. The van der Waals surface area contributed by atoms with E-state index in [2.05, 4.69) is 15.2 Å². The molecule has 8 nitrogen and oxygen atoms in total. The molecule has 0 unspecified atom stereocenters. The van der Waals surface area contributed by atoms with Gasteiger partial charge in [0.1, 0.15) is 11.6 Å². The Morgan fingerprint density at radius 1 is 1.29 bits per heavy atom. The number of aromatic amines is 1. The van der Waals surface area contributed by atoms with E-state index < -0.39 is 11.7 Å². The third-order valence-electron chi connectivity index (χ3n) is 5.43. The fourth-order valence-electron chi connectivity index (χ4n) is 3.83. The van der Waals surface area contributed by atoms with E-state index in [9.17, 15) is 15.2 Å². The Kier molecular flexibility index (Phi) is 6.52. The van der Waals surface area contributed by atoms with Crippen LogP contribution in [0.15, 0.2) is 48.8 Å². The fraction of sp³-hybridized carbons (Fsp3) is 0.200. The number of nitrogens with one attached hydrogen (secondary N) is 1. The van der Waals surface area contributed by atoms with Crippen LogP contribution < -0.4 is 4.74 Å². The fourth-order valence-corrected chi connectivity index (χ4v) is 3.83. The Hall–Kier alpha value is -4.29. The molecule has 2 aromatic carbocycles. The van der Waals surface area contributed by atoms with Crippen LogP contribution >= 0.6 is 0 Å². The first kappa shape index (κ1) is 22.9. The minimum Gasteiger partial charge on any atom is -0.493 e. The minimum atomic E-state index is -0.622. The second kappa shape index (κ2) is 9.68. The summed E-state index contributed by atoms with van der Waals surface area (Å²) in [6.45, 7) is 2.01. The van der Waals surface area contributed by atoms with E-state index in [1.54, 1.807) is 50.6 Å². The summed E-state index contributed by atoms with van der Waals surface area (Å²) in [5, 5.41) is 26.2. The lowest BCUT2D eigenvalue weighted by Gasteiger charge is -2.20. The number of nitrogens with zero attached hydrogens (tertiary/aromatic N) is 4. The molecule has 0 fully saturated rings. The summed E-state index contributed by atoms with van der Waals surface area (Å²) in [7, 11) is 1.60. The van der Waals surface area contributed by atoms with Gasteiger partial charge in [0.25, 0.3) is 5.91 Å². The Balaban J connectivity index is 1.67. The second-order valence-corrected chi connectivity index (χ2v) is 7.66. The Bertz CT molecular complexity index is 1410. The molecular weight excluding hydrogens is 437 g/mol. The molecule has 34 heavy (non-hydrogen) atoms. The van der Waals surface area contributed by atoms with E-state index in [0.29, 0.717) is 33.3 Å². The molecule has 0 aliphatic heterocycles. The molecule has 0 aliphatic rings. The maximum atomic E-state index is 15.3. The maximum absolute atomic E-state index is 15.3. The topological polar surface area (TPSA) is 115 Å². The van der Waals surface area contributed by atoms with Gasteiger partial charge in [0, 0.05) is 36.3 Å². The zero-order valence-corrected chi connectivity index (χ0v) is 18.7. The van der Waals surface area contributed by atoms with Crippen molar-refractivity contribution in [2.45, 2.75) is 20.1 Å². The average Bonchev–Trinajstić information content (AvgIpc) is 3.34. The number of H-pyrrole nitrogens is 1. The molecule has 4 aromatic rings. The first-order chi connectivity index (χ1) is 16.5. The zero-order valence-electron chi connectivity index (χ0n) is 18.7. The standard InChI is InChI=1S/C25H22FN5O3/c1-3-34-22-9-17(8-20(26)23(22)16-6-4-5-15(7-16)10-27)25(33)31(2)13-18-11-28-21(14-32)19-12-29-30-24(18)19/h4-9,11-12,32H,3,13-14H2,1-2H3,(H,29,30). The Morgan fingerprint density at radius 3 is 2.85 bits per heavy atom. The van der Waals surface area contributed by atoms with Crippen LogP contribution in [0.5, 0.6) is 5.75 Å². The Labute approximate surface area is 195 Å². The van der Waals surface area contributed by atoms with Gasteiger partial charge < -0.3 is 14.7 Å². The van der Waals surface area contributed by atoms with Gasteiger partial charge >= 0.3 is 0 Å². The van der Waals surface area contributed by atoms with Crippen molar-refractivity contribution in [3.8, 4) is 22.9 Å². The summed E-state index contributed by atoms with van der Waals surface area (Å²) < 4.78 is 20.9. The van der Waals surface area contributed by atoms with Gasteiger partial charge in [0.05, 0.1) is 47.8 Å². The molecule has 172 valence electrons. The molecule has 4 rings (SSSR count). The van der Waals surface area contributed by atoms with Gasteiger partial charge in [-0.3, -0.25) is 14.9 Å². The summed E-state index contributed by atoms with van der Waals surface area (Å²) in [5.74, 6) is -0.807. The SMILES string of the molecule is CCOc1cc(C(=O)N(C)Cc2cnc(CO)c3cn[nH]c23)cc(F)c1-c1cccc(C#N)c1. The number of hydrogen-bond donors (Lipinski definition) is 2. The molecule has 0 saturated carbocycles. The van der Waals surface area contributed by atoms with Gasteiger partial charge in [-0.2, -0.15) is 10.4 Å². The Morgan fingerprint density at radius 2 is 2.12 bits per heavy atom. The molecule has 2 heterocycles. The smallest absolute Gasteiger partial charge is 0.254 e. The lowest BCUT2D eigenvalue weighted by Crippen LogP contribution is -2.26. The van der Waals surface area contributed by atoms with Crippen molar-refractivity contribution in [3.05, 3.63) is 77.0 Å². The number of benzene rings is 2. The summed E-state index contributed by atoms with van der Waals surface area (Å²) >= 11 is 0. The number of pyridine rings is 1. The van der Waals surface area contributed by atoms with Crippen LogP contribution in [0.4, 0.5) is 4.39 Å². The van der Waals surface area contributed by atoms with Crippen molar-refractivity contribution in [2.24, 2.45) is 0 Å². The number of aliphatic hydroxyl groups excluding tert-OH is 1. The molecule has 2 aromatic heterocycles. The van der Waals surface area contributed by atoms with Crippen molar-refractivity contribution in [3.63, 3.8) is 0 Å². The molecule has 1 amide bonds. The highest BCUT2D eigenvalue weighted by atomic mass is 19.1. The van der Waals surface area contributed by atoms with Crippen molar-refractivity contribution in [1.29, 1.82) is 5.26 Å². The first-order valence-corrected chi connectivity index (χ1v) is 10.6. The number of carbonyl (C=O) groups excluding carboxylic acids is 1. The molecule has 9 heteroatoms. The number of rotatable bonds is 7. The number of halogens is 1. The molecule has 0 bridgehead atoms. The first-order valence-electron chi connectivity index (χ1n) is 10.6. The van der Waals surface area contributed by atoms with E-state index in [1.807, 2.05) is 6.07 Å². The summed E-state index contributed by atoms with van der Waals surface area (Å²) in [6.07, 6.45) is 3.15. The normalized spacial score (nSPS) is 10.8. The van der Waals surface area contributed by atoms with Gasteiger partial charge in [-0.25, -0.2) is 4.39 Å². The van der Waals surface area contributed by atoms with Crippen LogP contribution in [0.25, 0.3) is 22.0 Å². The van der Waals surface area contributed by atoms with E-state index in [4.69, 9.17) is 4.74 Å². The molecule has 0 atom stereocenters. The highest BCUT2D eigenvalue weighted by molar-refractivity contribution is 5.96. The number of hydrogen-bond acceptors (Lipinski definition) is 6. The van der Waals surface area contributed by atoms with Crippen LogP contribution in [0.1, 0.15) is 34.1 Å². The van der Waals surface area contributed by atoms with Crippen LogP contribution in [-0.2, 0) is 13.2 Å².